The third-order valence-corrected chi connectivity index (χ3v) is 2.79. The van der Waals surface area contributed by atoms with Crippen LogP contribution in [0.2, 0.25) is 0 Å². The van der Waals surface area contributed by atoms with Crippen molar-refractivity contribution in [3.8, 4) is 5.75 Å². The first kappa shape index (κ1) is 14.0. The number of hydrogen-bond acceptors (Lipinski definition) is 3. The van der Waals surface area contributed by atoms with Crippen LogP contribution >= 0.6 is 0 Å². The van der Waals surface area contributed by atoms with E-state index in [0.717, 1.165) is 11.4 Å². The van der Waals surface area contributed by atoms with Gasteiger partial charge in [-0.15, -0.1) is 0 Å². The van der Waals surface area contributed by atoms with Crippen LogP contribution in [0.4, 0.5) is 10.1 Å². The fourth-order valence-electron chi connectivity index (χ4n) is 1.76. The third-order valence-electron chi connectivity index (χ3n) is 2.79. The number of nitrogens with one attached hydrogen (secondary N) is 2. The first-order valence-corrected chi connectivity index (χ1v) is 6.26. The van der Waals surface area contributed by atoms with Gasteiger partial charge in [0.15, 0.2) is 0 Å². The molecule has 0 radical (unpaired) electrons. The molecule has 2 aromatic rings. The maximum absolute atomic E-state index is 12.9. The van der Waals surface area contributed by atoms with Crippen molar-refractivity contribution in [2.45, 2.75) is 20.3 Å². The van der Waals surface area contributed by atoms with Crippen molar-refractivity contribution in [1.82, 2.24) is 10.2 Å². The summed E-state index contributed by atoms with van der Waals surface area (Å²) in [4.78, 5) is 11.8. The van der Waals surface area contributed by atoms with Gasteiger partial charge in [0.1, 0.15) is 11.6 Å². The Bertz CT molecular complexity index is 591. The Kier molecular flexibility index (Phi) is 4.34. The lowest BCUT2D eigenvalue weighted by Crippen LogP contribution is -2.16. The number of amides is 1. The van der Waals surface area contributed by atoms with E-state index in [-0.39, 0.29) is 24.8 Å². The molecule has 0 fully saturated rings. The van der Waals surface area contributed by atoms with Crippen LogP contribution in [0.5, 0.6) is 5.75 Å². The standard InChI is InChI=1S/C14H16FN3O2/c1-9-14(10(2)18-17-9)16-13(19)6-7-20-12-5-3-4-11(15)8-12/h3-5,8H,6-7H2,1-2H3,(H,16,19)(H,17,18). The molecule has 0 unspecified atom stereocenters. The summed E-state index contributed by atoms with van der Waals surface area (Å²) in [5, 5.41) is 9.56. The molecule has 2 rings (SSSR count). The average Bonchev–Trinajstić information content (AvgIpc) is 2.71. The highest BCUT2D eigenvalue weighted by Crippen LogP contribution is 2.16. The molecule has 106 valence electrons. The zero-order valence-corrected chi connectivity index (χ0v) is 11.4. The van der Waals surface area contributed by atoms with Crippen molar-refractivity contribution >= 4 is 11.6 Å². The number of rotatable bonds is 5. The first-order chi connectivity index (χ1) is 9.56. The smallest absolute Gasteiger partial charge is 0.227 e. The number of carbonyl (C=O) groups is 1. The minimum atomic E-state index is -0.364. The van der Waals surface area contributed by atoms with Gasteiger partial charge in [0.25, 0.3) is 0 Å². The Labute approximate surface area is 116 Å². The molecular weight excluding hydrogens is 261 g/mol. The van der Waals surface area contributed by atoms with Crippen LogP contribution in [-0.4, -0.2) is 22.7 Å². The minimum Gasteiger partial charge on any atom is -0.493 e. The molecule has 0 aliphatic carbocycles. The number of aryl methyl sites for hydroxylation is 2. The number of benzene rings is 1. The van der Waals surface area contributed by atoms with Crippen LogP contribution in [0.3, 0.4) is 0 Å². The highest BCUT2D eigenvalue weighted by atomic mass is 19.1. The van der Waals surface area contributed by atoms with Crippen LogP contribution in [0.1, 0.15) is 17.8 Å². The van der Waals surface area contributed by atoms with Crippen molar-refractivity contribution in [3.63, 3.8) is 0 Å². The first-order valence-electron chi connectivity index (χ1n) is 6.26. The van der Waals surface area contributed by atoms with Gasteiger partial charge in [0.2, 0.25) is 5.91 Å². The molecule has 0 aliphatic heterocycles. The minimum absolute atomic E-state index is 0.172. The molecule has 6 heteroatoms. The van der Waals surface area contributed by atoms with Crippen molar-refractivity contribution in [2.24, 2.45) is 0 Å². The summed E-state index contributed by atoms with van der Waals surface area (Å²) >= 11 is 0. The average molecular weight is 277 g/mol. The Balaban J connectivity index is 1.81. The van der Waals surface area contributed by atoms with E-state index in [0.29, 0.717) is 11.4 Å². The highest BCUT2D eigenvalue weighted by molar-refractivity contribution is 5.91. The Morgan fingerprint density at radius 1 is 1.45 bits per heavy atom. The van der Waals surface area contributed by atoms with E-state index in [1.165, 1.54) is 12.1 Å². The summed E-state index contributed by atoms with van der Waals surface area (Å²) in [7, 11) is 0. The molecule has 0 bridgehead atoms. The number of hydrogen-bond donors (Lipinski definition) is 2. The number of halogens is 1. The van der Waals surface area contributed by atoms with E-state index in [9.17, 15) is 9.18 Å². The van der Waals surface area contributed by atoms with Gasteiger partial charge in [-0.2, -0.15) is 5.10 Å². The molecule has 0 aliphatic rings. The molecule has 20 heavy (non-hydrogen) atoms. The second-order valence-electron chi connectivity index (χ2n) is 4.41. The van der Waals surface area contributed by atoms with Crippen molar-refractivity contribution in [1.29, 1.82) is 0 Å². The third kappa shape index (κ3) is 3.57. The van der Waals surface area contributed by atoms with Crippen LogP contribution in [-0.2, 0) is 4.79 Å². The number of nitrogens with zero attached hydrogens (tertiary/aromatic N) is 1. The summed E-state index contributed by atoms with van der Waals surface area (Å²) in [5.41, 5.74) is 2.24. The van der Waals surface area contributed by atoms with E-state index in [2.05, 4.69) is 15.5 Å². The predicted molar refractivity (Wildman–Crippen MR) is 73.2 cm³/mol. The van der Waals surface area contributed by atoms with Crippen molar-refractivity contribution in [2.75, 3.05) is 11.9 Å². The molecule has 1 heterocycles. The summed E-state index contributed by atoms with van der Waals surface area (Å²) in [5.74, 6) is -0.126. The molecule has 0 saturated carbocycles. The van der Waals surface area contributed by atoms with Gasteiger partial charge in [-0.1, -0.05) is 6.07 Å². The molecular formula is C14H16FN3O2. The zero-order valence-electron chi connectivity index (χ0n) is 11.4. The normalized spacial score (nSPS) is 10.3. The lowest BCUT2D eigenvalue weighted by Gasteiger charge is -2.07. The van der Waals surface area contributed by atoms with Crippen molar-refractivity contribution in [3.05, 3.63) is 41.5 Å². The van der Waals surface area contributed by atoms with Gasteiger partial charge >= 0.3 is 0 Å². The van der Waals surface area contributed by atoms with Crippen LogP contribution in [0.25, 0.3) is 0 Å². The predicted octanol–water partition coefficient (Wildman–Crippen LogP) is 2.57. The summed E-state index contributed by atoms with van der Waals surface area (Å²) < 4.78 is 18.2. The lowest BCUT2D eigenvalue weighted by molar-refractivity contribution is -0.116. The van der Waals surface area contributed by atoms with E-state index in [1.807, 2.05) is 13.8 Å². The topological polar surface area (TPSA) is 67.0 Å². The van der Waals surface area contributed by atoms with Gasteiger partial charge in [-0.25, -0.2) is 4.39 Å². The molecule has 2 N–H and O–H groups in total. The van der Waals surface area contributed by atoms with Gasteiger partial charge in [-0.05, 0) is 26.0 Å². The Morgan fingerprint density at radius 2 is 2.25 bits per heavy atom. The maximum Gasteiger partial charge on any atom is 0.227 e. The van der Waals surface area contributed by atoms with Gasteiger partial charge < -0.3 is 10.1 Å². The number of aromatic amines is 1. The molecule has 0 atom stereocenters. The van der Waals surface area contributed by atoms with Gasteiger partial charge in [-0.3, -0.25) is 9.89 Å². The maximum atomic E-state index is 12.9. The van der Waals surface area contributed by atoms with Crippen LogP contribution in [0, 0.1) is 19.7 Å². The fourth-order valence-corrected chi connectivity index (χ4v) is 1.76. The Hall–Kier alpha value is -2.37. The SMILES string of the molecule is Cc1n[nH]c(C)c1NC(=O)CCOc1cccc(F)c1. The summed E-state index contributed by atoms with van der Waals surface area (Å²) in [6.07, 6.45) is 0.181. The zero-order chi connectivity index (χ0) is 14.5. The van der Waals surface area contributed by atoms with Gasteiger partial charge in [0, 0.05) is 6.07 Å². The summed E-state index contributed by atoms with van der Waals surface area (Å²) in [6, 6.07) is 5.82. The highest BCUT2D eigenvalue weighted by Gasteiger charge is 2.10. The van der Waals surface area contributed by atoms with E-state index in [1.54, 1.807) is 12.1 Å². The van der Waals surface area contributed by atoms with Crippen LogP contribution in [0.15, 0.2) is 24.3 Å². The summed E-state index contributed by atoms with van der Waals surface area (Å²) in [6.45, 7) is 3.83. The Morgan fingerprint density at radius 3 is 2.90 bits per heavy atom. The van der Waals surface area contributed by atoms with Crippen LogP contribution < -0.4 is 10.1 Å². The number of anilines is 1. The molecule has 1 aromatic carbocycles. The van der Waals surface area contributed by atoms with E-state index >= 15 is 0 Å². The molecule has 0 spiro atoms. The second-order valence-corrected chi connectivity index (χ2v) is 4.41. The number of H-pyrrole nitrogens is 1. The largest absolute Gasteiger partial charge is 0.493 e. The molecule has 1 amide bonds. The number of aromatic nitrogens is 2. The molecule has 1 aromatic heterocycles. The quantitative estimate of drug-likeness (QED) is 0.882. The van der Waals surface area contributed by atoms with E-state index in [4.69, 9.17) is 4.74 Å². The molecule has 0 saturated heterocycles. The van der Waals surface area contributed by atoms with E-state index < -0.39 is 0 Å². The van der Waals surface area contributed by atoms with Crippen molar-refractivity contribution < 1.29 is 13.9 Å². The second kappa shape index (κ2) is 6.18. The lowest BCUT2D eigenvalue weighted by atomic mass is 10.3. The van der Waals surface area contributed by atoms with Gasteiger partial charge in [0.05, 0.1) is 30.1 Å². The number of ether oxygens (including phenoxy) is 1. The fraction of sp³-hybridized carbons (Fsp3) is 0.286. The number of carbonyl (C=O) groups excluding carboxylic acids is 1. The monoisotopic (exact) mass is 277 g/mol. The molecule has 5 nitrogen and oxygen atoms in total.